The zero-order valence-corrected chi connectivity index (χ0v) is 22.9. The number of anilines is 1. The Kier molecular flexibility index (Phi) is 8.93. The Morgan fingerprint density at radius 2 is 1.82 bits per heavy atom. The molecule has 2 aromatic carbocycles. The Morgan fingerprint density at radius 1 is 1.10 bits per heavy atom. The number of carbonyl (C=O) groups is 3. The maximum absolute atomic E-state index is 13.4. The van der Waals surface area contributed by atoms with Crippen LogP contribution in [0.2, 0.25) is 0 Å². The summed E-state index contributed by atoms with van der Waals surface area (Å²) >= 11 is 0.964. The molecule has 0 saturated carbocycles. The summed E-state index contributed by atoms with van der Waals surface area (Å²) in [4.78, 5) is 44.9. The number of unbranched alkanes of at least 4 members (excludes halogenated alkanes) is 2. The summed E-state index contributed by atoms with van der Waals surface area (Å²) in [5.74, 6) is -1.87. The Morgan fingerprint density at radius 3 is 2.49 bits per heavy atom. The zero-order chi connectivity index (χ0) is 27.9. The molecule has 0 spiro atoms. The highest BCUT2D eigenvalue weighted by molar-refractivity contribution is 7.17. The fourth-order valence-electron chi connectivity index (χ4n) is 4.25. The summed E-state index contributed by atoms with van der Waals surface area (Å²) in [6.45, 7) is 4.34. The van der Waals surface area contributed by atoms with E-state index in [4.69, 9.17) is 9.47 Å². The van der Waals surface area contributed by atoms with E-state index in [9.17, 15) is 19.5 Å². The van der Waals surface area contributed by atoms with E-state index in [2.05, 4.69) is 11.9 Å². The first kappa shape index (κ1) is 27.8. The first-order valence-corrected chi connectivity index (χ1v) is 13.5. The Bertz CT molecular complexity index is 1410. The topological polar surface area (TPSA) is 106 Å². The van der Waals surface area contributed by atoms with Crippen molar-refractivity contribution in [2.75, 3.05) is 18.6 Å². The number of ether oxygens (including phenoxy) is 2. The first-order valence-electron chi connectivity index (χ1n) is 12.7. The molecular weight excluding hydrogens is 516 g/mol. The van der Waals surface area contributed by atoms with Crippen molar-refractivity contribution in [3.05, 3.63) is 93.7 Å². The number of nitrogens with zero attached hydrogens (tertiary/aromatic N) is 2. The number of rotatable bonds is 11. The van der Waals surface area contributed by atoms with Crippen LogP contribution in [-0.2, 0) is 14.3 Å². The van der Waals surface area contributed by atoms with Gasteiger partial charge in [-0.3, -0.25) is 14.5 Å². The molecule has 2 heterocycles. The van der Waals surface area contributed by atoms with Crippen molar-refractivity contribution in [1.29, 1.82) is 0 Å². The van der Waals surface area contributed by atoms with E-state index in [1.54, 1.807) is 37.3 Å². The number of methoxy groups -OCH3 is 1. The maximum atomic E-state index is 13.4. The standard InChI is InChI=1S/C30H30N2O6S/c1-4-5-9-18-38-22-15-13-21(14-16-22)25-24(23(33)17-12-20-10-7-6-8-11-20)26(34)28(35)32(25)30-31-19(2)27(39-30)29(36)37-3/h6-8,10-17,25,34H,4-5,9,18H2,1-3H3/b17-12+. The van der Waals surface area contributed by atoms with Crippen molar-refractivity contribution in [3.8, 4) is 5.75 Å². The molecule has 3 aromatic rings. The predicted octanol–water partition coefficient (Wildman–Crippen LogP) is 5.99. The number of esters is 1. The van der Waals surface area contributed by atoms with E-state index in [0.717, 1.165) is 36.2 Å². The van der Waals surface area contributed by atoms with Gasteiger partial charge in [0, 0.05) is 0 Å². The summed E-state index contributed by atoms with van der Waals surface area (Å²) in [5.41, 5.74) is 1.69. The third-order valence-corrected chi connectivity index (χ3v) is 7.41. The van der Waals surface area contributed by atoms with Crippen molar-refractivity contribution in [2.24, 2.45) is 0 Å². The number of aliphatic hydroxyl groups excluding tert-OH is 1. The van der Waals surface area contributed by atoms with Crippen LogP contribution in [-0.4, -0.2) is 41.5 Å². The van der Waals surface area contributed by atoms with Crippen molar-refractivity contribution in [1.82, 2.24) is 4.98 Å². The highest BCUT2D eigenvalue weighted by Gasteiger charge is 2.45. The number of carbonyl (C=O) groups excluding carboxylic acids is 3. The summed E-state index contributed by atoms with van der Waals surface area (Å²) in [5, 5.41) is 11.1. The van der Waals surface area contributed by atoms with Gasteiger partial charge in [-0.25, -0.2) is 9.78 Å². The second kappa shape index (κ2) is 12.5. The summed E-state index contributed by atoms with van der Waals surface area (Å²) in [6.07, 6.45) is 6.07. The van der Waals surface area contributed by atoms with Gasteiger partial charge >= 0.3 is 5.97 Å². The molecule has 0 bridgehead atoms. The van der Waals surface area contributed by atoms with Gasteiger partial charge in [0.25, 0.3) is 5.91 Å². The van der Waals surface area contributed by atoms with Gasteiger partial charge in [-0.05, 0) is 42.7 Å². The van der Waals surface area contributed by atoms with E-state index in [0.29, 0.717) is 23.6 Å². The quantitative estimate of drug-likeness (QED) is 0.179. The number of amides is 1. The molecule has 39 heavy (non-hydrogen) atoms. The van der Waals surface area contributed by atoms with E-state index < -0.39 is 29.5 Å². The average Bonchev–Trinajstić information content (AvgIpc) is 3.46. The molecule has 4 rings (SSSR count). The SMILES string of the molecule is CCCCCOc1ccc(C2C(C(=O)/C=C/c3ccccc3)=C(O)C(=O)N2c2nc(C)c(C(=O)OC)s2)cc1. The maximum Gasteiger partial charge on any atom is 0.350 e. The average molecular weight is 547 g/mol. The lowest BCUT2D eigenvalue weighted by Gasteiger charge is -2.24. The molecule has 0 radical (unpaired) electrons. The van der Waals surface area contributed by atoms with Crippen LogP contribution >= 0.6 is 11.3 Å². The Labute approximate surface area is 231 Å². The highest BCUT2D eigenvalue weighted by Crippen LogP contribution is 2.43. The lowest BCUT2D eigenvalue weighted by Crippen LogP contribution is -2.30. The van der Waals surface area contributed by atoms with Crippen molar-refractivity contribution >= 4 is 40.2 Å². The normalized spacial score (nSPS) is 15.3. The smallest absolute Gasteiger partial charge is 0.350 e. The number of hydrogen-bond acceptors (Lipinski definition) is 8. The van der Waals surface area contributed by atoms with Crippen LogP contribution in [0.1, 0.15) is 58.7 Å². The molecule has 0 aliphatic carbocycles. The van der Waals surface area contributed by atoms with E-state index in [1.807, 2.05) is 30.3 Å². The van der Waals surface area contributed by atoms with Gasteiger partial charge in [0.2, 0.25) is 0 Å². The monoisotopic (exact) mass is 546 g/mol. The van der Waals surface area contributed by atoms with Crippen LogP contribution in [0.4, 0.5) is 5.13 Å². The predicted molar refractivity (Wildman–Crippen MR) is 150 cm³/mol. The van der Waals surface area contributed by atoms with Gasteiger partial charge < -0.3 is 14.6 Å². The first-order chi connectivity index (χ1) is 18.8. The molecule has 1 aliphatic rings. The van der Waals surface area contributed by atoms with E-state index >= 15 is 0 Å². The van der Waals surface area contributed by atoms with E-state index in [1.165, 1.54) is 18.1 Å². The second-order valence-corrected chi connectivity index (χ2v) is 9.95. The molecule has 1 N–H and O–H groups in total. The van der Waals surface area contributed by atoms with Crippen molar-refractivity contribution in [3.63, 3.8) is 0 Å². The number of allylic oxidation sites excluding steroid dienone is 1. The van der Waals surface area contributed by atoms with Crippen LogP contribution in [0.15, 0.2) is 72.0 Å². The summed E-state index contributed by atoms with van der Waals surface area (Å²) < 4.78 is 10.7. The minimum atomic E-state index is -0.962. The minimum Gasteiger partial charge on any atom is -0.503 e. The molecule has 0 fully saturated rings. The van der Waals surface area contributed by atoms with Crippen molar-refractivity contribution in [2.45, 2.75) is 39.2 Å². The molecule has 9 heteroatoms. The van der Waals surface area contributed by atoms with Gasteiger partial charge in [-0.15, -0.1) is 0 Å². The van der Waals surface area contributed by atoms with Gasteiger partial charge in [-0.1, -0.05) is 79.6 Å². The number of hydrogen-bond donors (Lipinski definition) is 1. The number of aryl methyl sites for hydroxylation is 1. The Hall–Kier alpha value is -4.24. The van der Waals surface area contributed by atoms with Gasteiger partial charge in [0.1, 0.15) is 10.6 Å². The third kappa shape index (κ3) is 6.09. The van der Waals surface area contributed by atoms with Gasteiger partial charge in [0.05, 0.1) is 31.0 Å². The summed E-state index contributed by atoms with van der Waals surface area (Å²) in [6, 6.07) is 15.3. The fraction of sp³-hybridized carbons (Fsp3) is 0.267. The summed E-state index contributed by atoms with van der Waals surface area (Å²) in [7, 11) is 1.26. The third-order valence-electron chi connectivity index (χ3n) is 6.27. The van der Waals surface area contributed by atoms with Crippen LogP contribution in [0, 0.1) is 6.92 Å². The number of ketones is 1. The molecule has 1 aliphatic heterocycles. The van der Waals surface area contributed by atoms with E-state index in [-0.39, 0.29) is 15.6 Å². The zero-order valence-electron chi connectivity index (χ0n) is 22.0. The fourth-order valence-corrected chi connectivity index (χ4v) is 5.26. The molecule has 1 amide bonds. The molecular formula is C30H30N2O6S. The van der Waals surface area contributed by atoms with Crippen LogP contribution in [0.3, 0.4) is 0 Å². The molecule has 202 valence electrons. The van der Waals surface area contributed by atoms with Crippen LogP contribution in [0.25, 0.3) is 6.08 Å². The number of benzene rings is 2. The number of aromatic nitrogens is 1. The van der Waals surface area contributed by atoms with Crippen LogP contribution < -0.4 is 9.64 Å². The largest absolute Gasteiger partial charge is 0.503 e. The van der Waals surface area contributed by atoms with Gasteiger partial charge in [0.15, 0.2) is 16.7 Å². The number of aliphatic hydroxyl groups is 1. The molecule has 0 saturated heterocycles. The second-order valence-electron chi connectivity index (χ2n) is 8.98. The molecule has 1 atom stereocenters. The van der Waals surface area contributed by atoms with Crippen LogP contribution in [0.5, 0.6) is 5.75 Å². The lowest BCUT2D eigenvalue weighted by molar-refractivity contribution is -0.117. The highest BCUT2D eigenvalue weighted by atomic mass is 32.1. The number of thiazole rings is 1. The molecule has 1 aromatic heterocycles. The van der Waals surface area contributed by atoms with Gasteiger partial charge in [-0.2, -0.15) is 0 Å². The minimum absolute atomic E-state index is 0.0729. The van der Waals surface area contributed by atoms with Crippen molar-refractivity contribution < 1.29 is 29.0 Å². The molecule has 1 unspecified atom stereocenters. The Balaban J connectivity index is 1.72. The lowest BCUT2D eigenvalue weighted by atomic mass is 9.95. The molecule has 8 nitrogen and oxygen atoms in total.